The maximum Gasteiger partial charge on any atom is 0.328 e. The van der Waals surface area contributed by atoms with Crippen LogP contribution in [0.15, 0.2) is 58.1 Å². The first kappa shape index (κ1) is 16.9. The molecule has 0 radical (unpaired) electrons. The molecule has 7 heteroatoms. The van der Waals surface area contributed by atoms with Crippen LogP contribution >= 0.6 is 23.2 Å². The fraction of sp³-hybridized carbons (Fsp3) is 0.158. The van der Waals surface area contributed by atoms with E-state index in [0.29, 0.717) is 22.0 Å². The van der Waals surface area contributed by atoms with Crippen LogP contribution in [0.25, 0.3) is 0 Å². The van der Waals surface area contributed by atoms with Gasteiger partial charge in [-0.1, -0.05) is 59.6 Å². The van der Waals surface area contributed by atoms with Gasteiger partial charge in [0.25, 0.3) is 5.56 Å². The summed E-state index contributed by atoms with van der Waals surface area (Å²) in [6, 6.07) is 14.9. The normalized spacial score (nSPS) is 18.8. The Kier molecular flexibility index (Phi) is 4.34. The van der Waals surface area contributed by atoms with Crippen LogP contribution in [0.3, 0.4) is 0 Å². The summed E-state index contributed by atoms with van der Waals surface area (Å²) in [6.07, 6.45) is 0.227. The van der Waals surface area contributed by atoms with Gasteiger partial charge < -0.3 is 4.74 Å². The van der Waals surface area contributed by atoms with Gasteiger partial charge in [0.15, 0.2) is 0 Å². The number of H-pyrrole nitrogens is 2. The van der Waals surface area contributed by atoms with Gasteiger partial charge in [0.1, 0.15) is 6.10 Å². The topological polar surface area (TPSA) is 75.0 Å². The third-order valence-corrected chi connectivity index (χ3v) is 5.26. The Morgan fingerprint density at radius 3 is 2.42 bits per heavy atom. The van der Waals surface area contributed by atoms with Gasteiger partial charge in [0.2, 0.25) is 5.88 Å². The Labute approximate surface area is 158 Å². The number of nitrogens with one attached hydrogen (secondary N) is 2. The molecule has 0 bridgehead atoms. The summed E-state index contributed by atoms with van der Waals surface area (Å²) in [5, 5.41) is 0.854. The van der Waals surface area contributed by atoms with Crippen LogP contribution in [-0.2, 0) is 0 Å². The van der Waals surface area contributed by atoms with Crippen molar-refractivity contribution in [2.24, 2.45) is 0 Å². The molecule has 0 saturated heterocycles. The highest BCUT2D eigenvalue weighted by molar-refractivity contribution is 6.42. The summed E-state index contributed by atoms with van der Waals surface area (Å²) in [5.41, 5.74) is 1.11. The highest BCUT2D eigenvalue weighted by Crippen LogP contribution is 2.43. The van der Waals surface area contributed by atoms with E-state index in [9.17, 15) is 9.59 Å². The number of benzene rings is 2. The quantitative estimate of drug-likeness (QED) is 0.695. The van der Waals surface area contributed by atoms with Crippen molar-refractivity contribution in [3.05, 3.63) is 96.1 Å². The minimum absolute atomic E-state index is 0.190. The third kappa shape index (κ3) is 3.04. The maximum absolute atomic E-state index is 12.4. The van der Waals surface area contributed by atoms with Crippen LogP contribution in [0.5, 0.6) is 5.88 Å². The molecule has 2 aromatic carbocycles. The molecule has 5 nitrogen and oxygen atoms in total. The fourth-order valence-corrected chi connectivity index (χ4v) is 3.62. The van der Waals surface area contributed by atoms with Crippen molar-refractivity contribution in [1.82, 2.24) is 9.97 Å². The number of ether oxygens (including phenoxy) is 1. The van der Waals surface area contributed by atoms with Crippen LogP contribution in [-0.4, -0.2) is 9.97 Å². The van der Waals surface area contributed by atoms with Gasteiger partial charge in [0.05, 0.1) is 15.6 Å². The summed E-state index contributed by atoms with van der Waals surface area (Å²) in [6.45, 7) is 0. The lowest BCUT2D eigenvalue weighted by Crippen LogP contribution is -2.33. The Bertz CT molecular complexity index is 1080. The van der Waals surface area contributed by atoms with E-state index in [1.54, 1.807) is 12.1 Å². The molecule has 2 heterocycles. The number of hydrogen-bond acceptors (Lipinski definition) is 3. The van der Waals surface area contributed by atoms with Crippen molar-refractivity contribution in [3.8, 4) is 5.88 Å². The molecule has 2 N–H and O–H groups in total. The SMILES string of the molecule is O=c1[nH]c2c(c(=O)[nH]1)[C@H](c1ccc(Cl)c(Cl)c1)C[C@@H](c1ccccc1)O2. The zero-order valence-electron chi connectivity index (χ0n) is 13.5. The molecule has 0 aliphatic carbocycles. The predicted octanol–water partition coefficient (Wildman–Crippen LogP) is 4.03. The zero-order chi connectivity index (χ0) is 18.3. The van der Waals surface area contributed by atoms with Crippen molar-refractivity contribution in [1.29, 1.82) is 0 Å². The molecule has 1 aromatic heterocycles. The molecule has 2 atom stereocenters. The largest absolute Gasteiger partial charge is 0.470 e. The van der Waals surface area contributed by atoms with Crippen molar-refractivity contribution in [2.75, 3.05) is 0 Å². The zero-order valence-corrected chi connectivity index (χ0v) is 15.0. The van der Waals surface area contributed by atoms with Crippen molar-refractivity contribution >= 4 is 23.2 Å². The first-order valence-corrected chi connectivity index (χ1v) is 8.81. The van der Waals surface area contributed by atoms with E-state index < -0.39 is 11.2 Å². The van der Waals surface area contributed by atoms with E-state index >= 15 is 0 Å². The predicted molar refractivity (Wildman–Crippen MR) is 100 cm³/mol. The maximum atomic E-state index is 12.4. The number of halogens is 2. The number of rotatable bonds is 2. The van der Waals surface area contributed by atoms with Gasteiger partial charge in [-0.05, 0) is 29.7 Å². The van der Waals surface area contributed by atoms with E-state index in [1.807, 2.05) is 36.4 Å². The molecule has 0 unspecified atom stereocenters. The smallest absolute Gasteiger partial charge is 0.328 e. The lowest BCUT2D eigenvalue weighted by molar-refractivity contribution is 0.157. The van der Waals surface area contributed by atoms with Gasteiger partial charge in [0, 0.05) is 5.92 Å². The van der Waals surface area contributed by atoms with E-state index in [0.717, 1.165) is 11.1 Å². The Morgan fingerprint density at radius 2 is 1.69 bits per heavy atom. The fourth-order valence-electron chi connectivity index (χ4n) is 3.31. The molecule has 132 valence electrons. The van der Waals surface area contributed by atoms with E-state index in [4.69, 9.17) is 27.9 Å². The summed E-state index contributed by atoms with van der Waals surface area (Å²) < 4.78 is 5.95. The second-order valence-electron chi connectivity index (χ2n) is 6.13. The van der Waals surface area contributed by atoms with Gasteiger partial charge in [-0.25, -0.2) is 4.79 Å². The summed E-state index contributed by atoms with van der Waals surface area (Å²) in [4.78, 5) is 29.0. The molecule has 1 aliphatic heterocycles. The molecule has 26 heavy (non-hydrogen) atoms. The number of aromatic nitrogens is 2. The molecule has 0 amide bonds. The van der Waals surface area contributed by atoms with Gasteiger partial charge in [-0.2, -0.15) is 0 Å². The molecule has 0 spiro atoms. The highest BCUT2D eigenvalue weighted by atomic mass is 35.5. The molecule has 1 aliphatic rings. The van der Waals surface area contributed by atoms with Crippen LogP contribution in [0.4, 0.5) is 0 Å². The minimum Gasteiger partial charge on any atom is -0.470 e. The lowest BCUT2D eigenvalue weighted by Gasteiger charge is -2.31. The van der Waals surface area contributed by atoms with Crippen molar-refractivity contribution in [3.63, 3.8) is 0 Å². The first-order valence-electron chi connectivity index (χ1n) is 8.06. The standard InChI is InChI=1S/C19H14Cl2N2O3/c20-13-7-6-11(8-14(13)21)12-9-15(10-4-2-1-3-5-10)26-18-16(12)17(24)22-19(25)23-18/h1-8,12,15H,9H2,(H2,22,23,24,25)/t12-,15-/m0/s1. The Balaban J connectivity index is 1.87. The van der Waals surface area contributed by atoms with Gasteiger partial charge in [-0.3, -0.25) is 14.8 Å². The number of fused-ring (bicyclic) bond motifs is 1. The summed E-state index contributed by atoms with van der Waals surface area (Å²) in [5.74, 6) is -0.103. The van der Waals surface area contributed by atoms with Crippen LogP contribution < -0.4 is 16.0 Å². The summed E-state index contributed by atoms with van der Waals surface area (Å²) >= 11 is 12.2. The van der Waals surface area contributed by atoms with Crippen LogP contribution in [0.2, 0.25) is 10.0 Å². The highest BCUT2D eigenvalue weighted by Gasteiger charge is 2.33. The van der Waals surface area contributed by atoms with E-state index in [2.05, 4.69) is 9.97 Å². The Morgan fingerprint density at radius 1 is 0.923 bits per heavy atom. The Hall–Kier alpha value is -2.50. The first-order chi connectivity index (χ1) is 12.5. The molecule has 0 saturated carbocycles. The van der Waals surface area contributed by atoms with E-state index in [-0.39, 0.29) is 17.9 Å². The van der Waals surface area contributed by atoms with E-state index in [1.165, 1.54) is 0 Å². The molecular formula is C19H14Cl2N2O3. The average molecular weight is 389 g/mol. The minimum atomic E-state index is -0.602. The number of hydrogen-bond donors (Lipinski definition) is 2. The molecular weight excluding hydrogens is 375 g/mol. The number of aromatic amines is 2. The van der Waals surface area contributed by atoms with Crippen molar-refractivity contribution < 1.29 is 4.74 Å². The molecule has 0 fully saturated rings. The lowest BCUT2D eigenvalue weighted by atomic mass is 9.84. The van der Waals surface area contributed by atoms with Crippen molar-refractivity contribution in [2.45, 2.75) is 18.4 Å². The average Bonchev–Trinajstić information content (AvgIpc) is 2.63. The molecule has 4 rings (SSSR count). The van der Waals surface area contributed by atoms with Crippen LogP contribution in [0.1, 0.15) is 35.1 Å². The second kappa shape index (κ2) is 6.67. The third-order valence-electron chi connectivity index (χ3n) is 4.52. The second-order valence-corrected chi connectivity index (χ2v) is 6.94. The van der Waals surface area contributed by atoms with Gasteiger partial charge >= 0.3 is 5.69 Å². The molecule has 3 aromatic rings. The summed E-state index contributed by atoms with van der Waals surface area (Å²) in [7, 11) is 0. The monoisotopic (exact) mass is 388 g/mol. The van der Waals surface area contributed by atoms with Gasteiger partial charge in [-0.15, -0.1) is 0 Å². The van der Waals surface area contributed by atoms with Crippen LogP contribution in [0, 0.1) is 0 Å².